The molecule has 0 aromatic carbocycles. The minimum Gasteiger partial charge on any atom is -0.414 e. The molecule has 4 aliphatic carbocycles. The molecule has 3 saturated carbocycles. The van der Waals surface area contributed by atoms with Crippen molar-refractivity contribution in [1.82, 2.24) is 0 Å². The van der Waals surface area contributed by atoms with Gasteiger partial charge in [0.25, 0.3) is 0 Å². The molecular weight excluding hydrogens is 561 g/mol. The topological polar surface area (TPSA) is 27.7 Å². The van der Waals surface area contributed by atoms with Crippen molar-refractivity contribution in [3.8, 4) is 0 Å². The summed E-state index contributed by atoms with van der Waals surface area (Å²) in [5.74, 6) is 3.78. The molecule has 0 aromatic heterocycles. The van der Waals surface area contributed by atoms with Gasteiger partial charge in [0, 0.05) is 12.0 Å². The van der Waals surface area contributed by atoms with Gasteiger partial charge in [0.15, 0.2) is 16.6 Å². The first kappa shape index (κ1) is 35.9. The normalized spacial score (nSPS) is 37.1. The van der Waals surface area contributed by atoms with Gasteiger partial charge in [0.05, 0.1) is 18.3 Å². The van der Waals surface area contributed by atoms with Crippen molar-refractivity contribution in [2.75, 3.05) is 6.61 Å². The third-order valence-corrected chi connectivity index (χ3v) is 23.9. The van der Waals surface area contributed by atoms with Crippen LogP contribution in [-0.2, 0) is 13.6 Å². The predicted octanol–water partition coefficient (Wildman–Crippen LogP) is 11.4. The Hall–Kier alpha value is 0.0538. The monoisotopic (exact) mass is 633 g/mol. The number of fused-ring (bicyclic) bond motifs is 5. The molecule has 4 aliphatic rings. The van der Waals surface area contributed by atoms with Crippen LogP contribution in [0.3, 0.4) is 0 Å². The van der Waals surface area contributed by atoms with Crippen LogP contribution in [0.1, 0.15) is 128 Å². The summed E-state index contributed by atoms with van der Waals surface area (Å²) in [5.41, 5.74) is 2.30. The summed E-state index contributed by atoms with van der Waals surface area (Å²) < 4.78 is 21.5. The summed E-state index contributed by atoms with van der Waals surface area (Å²) in [5, 5.41) is 0. The van der Waals surface area contributed by atoms with Crippen LogP contribution >= 0.6 is 0 Å². The average Bonchev–Trinajstić information content (AvgIpc) is 3.36. The van der Waals surface area contributed by atoms with Gasteiger partial charge in [-0.3, -0.25) is 0 Å². The zero-order valence-corrected chi connectivity index (χ0v) is 32.5. The Labute approximate surface area is 270 Å². The molecule has 3 nitrogen and oxygen atoms in total. The SMILES string of the molecule is CC[Si](CC)(CC)O[C@@H]1CC2=CC[C@H]3[C@@H]4CC[C@H](C(C)OCCC(C)C)[C@@]4(C)CC[C@@H]3[C@@]2(C)[C@@H](O[Si](CC)(CC)CC)C1. The lowest BCUT2D eigenvalue weighted by molar-refractivity contribution is -0.111. The summed E-state index contributed by atoms with van der Waals surface area (Å²) >= 11 is 0. The van der Waals surface area contributed by atoms with Gasteiger partial charge in [-0.25, -0.2) is 0 Å². The lowest BCUT2D eigenvalue weighted by Gasteiger charge is -2.61. The number of hydrogen-bond donors (Lipinski definition) is 0. The molecule has 250 valence electrons. The summed E-state index contributed by atoms with van der Waals surface area (Å²) in [6.07, 6.45) is 14.0. The van der Waals surface area contributed by atoms with Gasteiger partial charge in [-0.1, -0.05) is 80.9 Å². The van der Waals surface area contributed by atoms with Crippen molar-refractivity contribution < 1.29 is 13.6 Å². The van der Waals surface area contributed by atoms with Gasteiger partial charge in [0.2, 0.25) is 0 Å². The molecule has 0 amide bonds. The van der Waals surface area contributed by atoms with E-state index in [1.54, 1.807) is 5.57 Å². The standard InChI is InChI=1S/C38H72O3Si2/c1-12-42(13-2,14-3)40-31-26-30-18-19-32-34-21-20-33(29(9)39-25-23-28(7)8)37(34,10)24-22-35(32)38(30,11)36(27-31)41-43(15-4,16-5)17-6/h18,28-29,31-36H,12-17,19-27H2,1-11H3/t29?,31-,32+,33-,34+,35+,36+,37-,38+/m1/s1. The van der Waals surface area contributed by atoms with Crippen LogP contribution in [-0.4, -0.2) is 41.6 Å². The lowest BCUT2D eigenvalue weighted by atomic mass is 9.46. The Kier molecular flexibility index (Phi) is 12.1. The Bertz CT molecular complexity index is 910. The Morgan fingerprint density at radius 2 is 1.42 bits per heavy atom. The van der Waals surface area contributed by atoms with Crippen molar-refractivity contribution in [2.45, 2.75) is 182 Å². The van der Waals surface area contributed by atoms with Gasteiger partial charge >= 0.3 is 0 Å². The van der Waals surface area contributed by atoms with E-state index in [9.17, 15) is 0 Å². The smallest absolute Gasteiger partial charge is 0.192 e. The van der Waals surface area contributed by atoms with E-state index >= 15 is 0 Å². The third kappa shape index (κ3) is 6.74. The first-order valence-electron chi connectivity index (χ1n) is 19.1. The third-order valence-electron chi connectivity index (χ3n) is 14.5. The maximum atomic E-state index is 7.67. The van der Waals surface area contributed by atoms with E-state index < -0.39 is 16.6 Å². The van der Waals surface area contributed by atoms with Gasteiger partial charge in [0.1, 0.15) is 0 Å². The fourth-order valence-corrected chi connectivity index (χ4v) is 16.8. The van der Waals surface area contributed by atoms with Crippen molar-refractivity contribution in [1.29, 1.82) is 0 Å². The quantitative estimate of drug-likeness (QED) is 0.133. The van der Waals surface area contributed by atoms with Crippen molar-refractivity contribution >= 4 is 16.6 Å². The second kappa shape index (κ2) is 14.4. The number of hydrogen-bond acceptors (Lipinski definition) is 3. The molecule has 0 heterocycles. The van der Waals surface area contributed by atoms with E-state index in [1.807, 2.05) is 0 Å². The highest BCUT2D eigenvalue weighted by atomic mass is 28.4. The molecule has 0 saturated heterocycles. The molecular formula is C38H72O3Si2. The number of rotatable bonds is 15. The van der Waals surface area contributed by atoms with E-state index in [4.69, 9.17) is 13.6 Å². The Balaban J connectivity index is 1.63. The Morgan fingerprint density at radius 1 is 0.814 bits per heavy atom. The van der Waals surface area contributed by atoms with E-state index in [0.29, 0.717) is 35.6 Å². The van der Waals surface area contributed by atoms with Crippen LogP contribution in [0.2, 0.25) is 36.3 Å². The molecule has 0 aliphatic heterocycles. The second-order valence-corrected chi connectivity index (χ2v) is 25.8. The van der Waals surface area contributed by atoms with E-state index in [-0.39, 0.29) is 5.41 Å². The van der Waals surface area contributed by atoms with Crippen LogP contribution in [0, 0.1) is 40.4 Å². The number of allylic oxidation sites excluding steroid dienone is 1. The van der Waals surface area contributed by atoms with Crippen LogP contribution < -0.4 is 0 Å². The minimum atomic E-state index is -1.77. The van der Waals surface area contributed by atoms with Crippen LogP contribution in [0.25, 0.3) is 0 Å². The first-order chi connectivity index (χ1) is 20.4. The van der Waals surface area contributed by atoms with Gasteiger partial charge in [-0.2, -0.15) is 0 Å². The maximum Gasteiger partial charge on any atom is 0.192 e. The fourth-order valence-electron chi connectivity index (χ4n) is 11.0. The van der Waals surface area contributed by atoms with Gasteiger partial charge in [-0.15, -0.1) is 0 Å². The molecule has 4 rings (SSSR count). The molecule has 5 heteroatoms. The summed E-state index contributed by atoms with van der Waals surface area (Å²) in [7, 11) is -3.45. The molecule has 9 atom stereocenters. The van der Waals surface area contributed by atoms with Crippen molar-refractivity contribution in [3.05, 3.63) is 11.6 Å². The van der Waals surface area contributed by atoms with E-state index in [0.717, 1.165) is 37.2 Å². The fraction of sp³-hybridized carbons (Fsp3) is 0.947. The Morgan fingerprint density at radius 3 is 2.00 bits per heavy atom. The first-order valence-corrected chi connectivity index (χ1v) is 24.1. The molecule has 0 spiro atoms. The lowest BCUT2D eigenvalue weighted by Crippen LogP contribution is -2.59. The van der Waals surface area contributed by atoms with Gasteiger partial charge < -0.3 is 13.6 Å². The molecule has 0 bridgehead atoms. The highest BCUT2D eigenvalue weighted by Crippen LogP contribution is 2.67. The zero-order chi connectivity index (χ0) is 31.6. The van der Waals surface area contributed by atoms with Crippen molar-refractivity contribution in [3.63, 3.8) is 0 Å². The van der Waals surface area contributed by atoms with Crippen LogP contribution in [0.4, 0.5) is 0 Å². The molecule has 43 heavy (non-hydrogen) atoms. The predicted molar refractivity (Wildman–Crippen MR) is 190 cm³/mol. The summed E-state index contributed by atoms with van der Waals surface area (Å²) in [4.78, 5) is 0. The largest absolute Gasteiger partial charge is 0.414 e. The zero-order valence-electron chi connectivity index (χ0n) is 30.5. The van der Waals surface area contributed by atoms with Crippen LogP contribution in [0.5, 0.6) is 0 Å². The van der Waals surface area contributed by atoms with E-state index in [1.165, 1.54) is 74.8 Å². The van der Waals surface area contributed by atoms with E-state index in [2.05, 4.69) is 82.2 Å². The maximum absolute atomic E-state index is 7.67. The molecule has 3 fully saturated rings. The highest BCUT2D eigenvalue weighted by molar-refractivity contribution is 6.74. The molecule has 0 aromatic rings. The number of ether oxygens (including phenoxy) is 1. The highest BCUT2D eigenvalue weighted by Gasteiger charge is 2.62. The summed E-state index contributed by atoms with van der Waals surface area (Å²) in [6.45, 7) is 27.7. The molecule has 1 unspecified atom stereocenters. The van der Waals surface area contributed by atoms with Crippen LogP contribution in [0.15, 0.2) is 11.6 Å². The summed E-state index contributed by atoms with van der Waals surface area (Å²) in [6, 6.07) is 7.42. The van der Waals surface area contributed by atoms with Crippen molar-refractivity contribution in [2.24, 2.45) is 40.4 Å². The molecule has 0 N–H and O–H groups in total. The second-order valence-electron chi connectivity index (χ2n) is 16.4. The average molecular weight is 633 g/mol. The van der Waals surface area contributed by atoms with Gasteiger partial charge in [-0.05, 0) is 130 Å². The molecule has 0 radical (unpaired) electrons. The minimum absolute atomic E-state index is 0.161.